The standard InChI is InChI=1S/C16H20ClIN2O/c1-16(2,3)20-8-4-5-15-19-10-14(21-15)11-6-7-13(18)12(17)9-11/h6-7,9-10,20H,4-5,8H2,1-3H3. The Labute approximate surface area is 144 Å². The molecule has 0 amide bonds. The maximum atomic E-state index is 6.14. The lowest BCUT2D eigenvalue weighted by Crippen LogP contribution is -2.36. The van der Waals surface area contributed by atoms with Crippen molar-refractivity contribution in [1.29, 1.82) is 0 Å². The van der Waals surface area contributed by atoms with Gasteiger partial charge in [0.05, 0.1) is 11.2 Å². The number of aromatic nitrogens is 1. The van der Waals surface area contributed by atoms with Gasteiger partial charge in [-0.1, -0.05) is 17.7 Å². The van der Waals surface area contributed by atoms with Crippen molar-refractivity contribution >= 4 is 34.2 Å². The number of aryl methyl sites for hydroxylation is 1. The van der Waals surface area contributed by atoms with Gasteiger partial charge in [0.2, 0.25) is 0 Å². The second-order valence-corrected chi connectivity index (χ2v) is 7.60. The Morgan fingerprint density at radius 1 is 1.33 bits per heavy atom. The molecule has 2 rings (SSSR count). The molecular weight excluding hydrogens is 399 g/mol. The average Bonchev–Trinajstić information content (AvgIpc) is 2.86. The molecule has 1 aromatic heterocycles. The molecule has 1 aromatic carbocycles. The summed E-state index contributed by atoms with van der Waals surface area (Å²) >= 11 is 8.35. The second kappa shape index (κ2) is 7.11. The number of hydrogen-bond acceptors (Lipinski definition) is 3. The molecule has 0 aliphatic rings. The lowest BCUT2D eigenvalue weighted by molar-refractivity contribution is 0.412. The minimum atomic E-state index is 0.152. The highest BCUT2D eigenvalue weighted by atomic mass is 127. The minimum Gasteiger partial charge on any atom is -0.441 e. The molecule has 0 radical (unpaired) electrons. The van der Waals surface area contributed by atoms with E-state index >= 15 is 0 Å². The van der Waals surface area contributed by atoms with Crippen LogP contribution in [0.3, 0.4) is 0 Å². The minimum absolute atomic E-state index is 0.152. The smallest absolute Gasteiger partial charge is 0.194 e. The van der Waals surface area contributed by atoms with Crippen molar-refractivity contribution in [1.82, 2.24) is 10.3 Å². The summed E-state index contributed by atoms with van der Waals surface area (Å²) in [5.74, 6) is 1.54. The molecule has 114 valence electrons. The molecule has 2 aromatic rings. The van der Waals surface area contributed by atoms with Gasteiger partial charge in [0.1, 0.15) is 0 Å². The predicted molar refractivity (Wildman–Crippen MR) is 95.7 cm³/mol. The number of oxazole rings is 1. The fourth-order valence-electron chi connectivity index (χ4n) is 1.91. The topological polar surface area (TPSA) is 38.1 Å². The van der Waals surface area contributed by atoms with Gasteiger partial charge >= 0.3 is 0 Å². The maximum absolute atomic E-state index is 6.14. The van der Waals surface area contributed by atoms with Crippen LogP contribution in [0.25, 0.3) is 11.3 Å². The van der Waals surface area contributed by atoms with Gasteiger partial charge in [0, 0.05) is 21.1 Å². The Hall–Kier alpha value is -0.590. The lowest BCUT2D eigenvalue weighted by Gasteiger charge is -2.19. The quantitative estimate of drug-likeness (QED) is 0.553. The number of benzene rings is 1. The highest BCUT2D eigenvalue weighted by Crippen LogP contribution is 2.27. The van der Waals surface area contributed by atoms with Crippen LogP contribution in [-0.2, 0) is 6.42 Å². The predicted octanol–water partition coefficient (Wildman–Crippen LogP) is 4.92. The van der Waals surface area contributed by atoms with E-state index in [0.29, 0.717) is 0 Å². The van der Waals surface area contributed by atoms with Gasteiger partial charge in [0.15, 0.2) is 11.7 Å². The number of hydrogen-bond donors (Lipinski definition) is 1. The van der Waals surface area contributed by atoms with Gasteiger partial charge in [-0.3, -0.25) is 0 Å². The van der Waals surface area contributed by atoms with Crippen molar-refractivity contribution in [3.8, 4) is 11.3 Å². The van der Waals surface area contributed by atoms with Gasteiger partial charge in [-0.2, -0.15) is 0 Å². The molecular formula is C16H20ClIN2O. The zero-order valence-electron chi connectivity index (χ0n) is 12.5. The molecule has 1 N–H and O–H groups in total. The van der Waals surface area contributed by atoms with E-state index in [4.69, 9.17) is 16.0 Å². The van der Waals surface area contributed by atoms with Crippen LogP contribution in [0.15, 0.2) is 28.8 Å². The summed E-state index contributed by atoms with van der Waals surface area (Å²) in [5.41, 5.74) is 1.12. The van der Waals surface area contributed by atoms with E-state index in [0.717, 1.165) is 45.2 Å². The van der Waals surface area contributed by atoms with Gasteiger partial charge in [-0.25, -0.2) is 4.98 Å². The van der Waals surface area contributed by atoms with E-state index < -0.39 is 0 Å². The Morgan fingerprint density at radius 2 is 2.10 bits per heavy atom. The van der Waals surface area contributed by atoms with Crippen LogP contribution in [-0.4, -0.2) is 17.1 Å². The van der Waals surface area contributed by atoms with Crippen LogP contribution >= 0.6 is 34.2 Å². The lowest BCUT2D eigenvalue weighted by atomic mass is 10.1. The summed E-state index contributed by atoms with van der Waals surface area (Å²) in [7, 11) is 0. The second-order valence-electron chi connectivity index (χ2n) is 6.03. The van der Waals surface area contributed by atoms with Crippen LogP contribution in [0.1, 0.15) is 33.1 Å². The van der Waals surface area contributed by atoms with E-state index in [2.05, 4.69) is 53.7 Å². The van der Waals surface area contributed by atoms with E-state index in [1.54, 1.807) is 6.20 Å². The Balaban J connectivity index is 1.93. The number of halogens is 2. The first kappa shape index (κ1) is 16.8. The average molecular weight is 419 g/mol. The first-order chi connectivity index (χ1) is 9.85. The van der Waals surface area contributed by atoms with Crippen molar-refractivity contribution in [2.45, 2.75) is 39.2 Å². The third-order valence-electron chi connectivity index (χ3n) is 2.98. The summed E-state index contributed by atoms with van der Waals surface area (Å²) in [6.07, 6.45) is 3.61. The van der Waals surface area contributed by atoms with Crippen LogP contribution < -0.4 is 5.32 Å². The molecule has 0 saturated carbocycles. The van der Waals surface area contributed by atoms with Crippen LogP contribution in [0, 0.1) is 3.57 Å². The summed E-state index contributed by atoms with van der Waals surface area (Å²) in [6.45, 7) is 7.45. The summed E-state index contributed by atoms with van der Waals surface area (Å²) in [5, 5.41) is 4.19. The van der Waals surface area contributed by atoms with Crippen LogP contribution in [0.2, 0.25) is 5.02 Å². The van der Waals surface area contributed by atoms with Crippen molar-refractivity contribution in [2.75, 3.05) is 6.54 Å². The summed E-state index contributed by atoms with van der Waals surface area (Å²) in [4.78, 5) is 4.34. The number of nitrogens with one attached hydrogen (secondary N) is 1. The molecule has 0 atom stereocenters. The van der Waals surface area contributed by atoms with E-state index in [-0.39, 0.29) is 5.54 Å². The summed E-state index contributed by atoms with van der Waals surface area (Å²) < 4.78 is 6.83. The third kappa shape index (κ3) is 5.27. The van der Waals surface area contributed by atoms with Gasteiger partial charge in [-0.15, -0.1) is 0 Å². The molecule has 0 unspecified atom stereocenters. The molecule has 3 nitrogen and oxygen atoms in total. The Bertz CT molecular complexity index is 605. The summed E-state index contributed by atoms with van der Waals surface area (Å²) in [6, 6.07) is 5.89. The molecule has 0 spiro atoms. The molecule has 5 heteroatoms. The van der Waals surface area contributed by atoms with Crippen molar-refractivity contribution < 1.29 is 4.42 Å². The van der Waals surface area contributed by atoms with Crippen LogP contribution in [0.5, 0.6) is 0 Å². The van der Waals surface area contributed by atoms with E-state index in [1.807, 2.05) is 18.2 Å². The highest BCUT2D eigenvalue weighted by molar-refractivity contribution is 14.1. The zero-order valence-corrected chi connectivity index (χ0v) is 15.5. The SMILES string of the molecule is CC(C)(C)NCCCc1ncc(-c2ccc(I)c(Cl)c2)o1. The molecule has 0 saturated heterocycles. The molecule has 0 bridgehead atoms. The van der Waals surface area contributed by atoms with Crippen molar-refractivity contribution in [3.05, 3.63) is 38.9 Å². The van der Waals surface area contributed by atoms with Crippen molar-refractivity contribution in [2.24, 2.45) is 0 Å². The fraction of sp³-hybridized carbons (Fsp3) is 0.438. The molecule has 1 heterocycles. The zero-order chi connectivity index (χ0) is 15.5. The first-order valence-electron chi connectivity index (χ1n) is 7.00. The number of nitrogens with zero attached hydrogens (tertiary/aromatic N) is 1. The van der Waals surface area contributed by atoms with Gasteiger partial charge < -0.3 is 9.73 Å². The van der Waals surface area contributed by atoms with Gasteiger partial charge in [-0.05, 0) is 68.5 Å². The largest absolute Gasteiger partial charge is 0.441 e. The molecule has 0 aliphatic carbocycles. The molecule has 21 heavy (non-hydrogen) atoms. The molecule has 0 fully saturated rings. The van der Waals surface area contributed by atoms with E-state index in [1.165, 1.54) is 0 Å². The van der Waals surface area contributed by atoms with Crippen molar-refractivity contribution in [3.63, 3.8) is 0 Å². The fourth-order valence-corrected chi connectivity index (χ4v) is 2.43. The first-order valence-corrected chi connectivity index (χ1v) is 8.46. The van der Waals surface area contributed by atoms with Gasteiger partial charge in [0.25, 0.3) is 0 Å². The maximum Gasteiger partial charge on any atom is 0.194 e. The normalized spacial score (nSPS) is 11.9. The third-order valence-corrected chi connectivity index (χ3v) is 4.55. The monoisotopic (exact) mass is 418 g/mol. The van der Waals surface area contributed by atoms with Crippen LogP contribution in [0.4, 0.5) is 0 Å². The number of rotatable bonds is 5. The Kier molecular flexibility index (Phi) is 5.68. The Morgan fingerprint density at radius 3 is 2.76 bits per heavy atom. The molecule has 0 aliphatic heterocycles. The van der Waals surface area contributed by atoms with E-state index in [9.17, 15) is 0 Å². The highest BCUT2D eigenvalue weighted by Gasteiger charge is 2.10.